The van der Waals surface area contributed by atoms with Crippen LogP contribution in [-0.4, -0.2) is 5.78 Å². The monoisotopic (exact) mass is 214 g/mol. The van der Waals surface area contributed by atoms with Gasteiger partial charge in [-0.05, 0) is 24.6 Å². The molecule has 3 heteroatoms. The number of ketones is 1. The molecule has 0 aliphatic carbocycles. The van der Waals surface area contributed by atoms with E-state index in [0.717, 1.165) is 5.39 Å². The van der Waals surface area contributed by atoms with E-state index in [-0.39, 0.29) is 5.78 Å². The SMILES string of the molecule is C=C(C)C(=O)c1ccc2ccc(=O)oc2c1. The molecule has 0 unspecified atom stereocenters. The summed E-state index contributed by atoms with van der Waals surface area (Å²) < 4.78 is 4.99. The van der Waals surface area contributed by atoms with Crippen LogP contribution in [0.3, 0.4) is 0 Å². The van der Waals surface area contributed by atoms with E-state index in [1.165, 1.54) is 6.07 Å². The van der Waals surface area contributed by atoms with E-state index < -0.39 is 5.63 Å². The highest BCUT2D eigenvalue weighted by Crippen LogP contribution is 2.16. The second kappa shape index (κ2) is 3.77. The lowest BCUT2D eigenvalue weighted by molar-refractivity contribution is 0.103. The Morgan fingerprint density at radius 3 is 2.62 bits per heavy atom. The molecule has 0 atom stereocenters. The predicted octanol–water partition coefficient (Wildman–Crippen LogP) is 2.55. The lowest BCUT2D eigenvalue weighted by Gasteiger charge is -2.01. The van der Waals surface area contributed by atoms with Gasteiger partial charge < -0.3 is 4.42 Å². The fourth-order valence-electron chi connectivity index (χ4n) is 1.45. The minimum Gasteiger partial charge on any atom is -0.423 e. The van der Waals surface area contributed by atoms with Gasteiger partial charge in [-0.3, -0.25) is 4.79 Å². The van der Waals surface area contributed by atoms with Gasteiger partial charge in [0.1, 0.15) is 5.58 Å². The molecule has 2 aromatic rings. The van der Waals surface area contributed by atoms with Crippen molar-refractivity contribution in [2.75, 3.05) is 0 Å². The number of benzene rings is 1. The molecule has 80 valence electrons. The summed E-state index contributed by atoms with van der Waals surface area (Å²) in [6.45, 7) is 5.23. The van der Waals surface area contributed by atoms with Crippen molar-refractivity contribution >= 4 is 16.8 Å². The van der Waals surface area contributed by atoms with Gasteiger partial charge in [0, 0.05) is 17.0 Å². The summed E-state index contributed by atoms with van der Waals surface area (Å²) in [4.78, 5) is 22.7. The lowest BCUT2D eigenvalue weighted by Crippen LogP contribution is -2.00. The average Bonchev–Trinajstić information content (AvgIpc) is 2.26. The van der Waals surface area contributed by atoms with E-state index in [9.17, 15) is 9.59 Å². The highest BCUT2D eigenvalue weighted by atomic mass is 16.4. The molecule has 0 saturated heterocycles. The zero-order valence-electron chi connectivity index (χ0n) is 8.82. The molecule has 3 nitrogen and oxygen atoms in total. The Bertz CT molecular complexity index is 635. The Hall–Kier alpha value is -2.16. The molecule has 2 rings (SSSR count). The number of carbonyl (C=O) groups excluding carboxylic acids is 1. The fourth-order valence-corrected chi connectivity index (χ4v) is 1.45. The van der Waals surface area contributed by atoms with Crippen LogP contribution in [0.5, 0.6) is 0 Å². The minimum atomic E-state index is -0.424. The summed E-state index contributed by atoms with van der Waals surface area (Å²) in [7, 11) is 0. The largest absolute Gasteiger partial charge is 0.423 e. The van der Waals surface area contributed by atoms with Gasteiger partial charge in [-0.1, -0.05) is 18.7 Å². The van der Waals surface area contributed by atoms with E-state index >= 15 is 0 Å². The Morgan fingerprint density at radius 2 is 1.94 bits per heavy atom. The molecule has 0 amide bonds. The third-order valence-electron chi connectivity index (χ3n) is 2.27. The lowest BCUT2D eigenvalue weighted by atomic mass is 10.0. The molecule has 0 aliphatic heterocycles. The molecule has 0 fully saturated rings. The fraction of sp³-hybridized carbons (Fsp3) is 0.0769. The topological polar surface area (TPSA) is 47.3 Å². The molecular formula is C13H10O3. The maximum Gasteiger partial charge on any atom is 0.336 e. The predicted molar refractivity (Wildman–Crippen MR) is 61.6 cm³/mol. The highest BCUT2D eigenvalue weighted by Gasteiger charge is 2.07. The third kappa shape index (κ3) is 1.80. The number of hydrogen-bond acceptors (Lipinski definition) is 3. The number of carbonyl (C=O) groups is 1. The third-order valence-corrected chi connectivity index (χ3v) is 2.27. The Kier molecular flexibility index (Phi) is 2.44. The number of allylic oxidation sites excluding steroid dienone is 1. The van der Waals surface area contributed by atoms with E-state index in [1.807, 2.05) is 0 Å². The van der Waals surface area contributed by atoms with Gasteiger partial charge in [-0.2, -0.15) is 0 Å². The summed E-state index contributed by atoms with van der Waals surface area (Å²) in [6.07, 6.45) is 0. The molecule has 1 aromatic carbocycles. The van der Waals surface area contributed by atoms with Crippen LogP contribution in [0.2, 0.25) is 0 Å². The summed E-state index contributed by atoms with van der Waals surface area (Å²) in [5.41, 5.74) is 0.930. The van der Waals surface area contributed by atoms with Crippen LogP contribution < -0.4 is 5.63 Å². The van der Waals surface area contributed by atoms with Gasteiger partial charge in [0.15, 0.2) is 5.78 Å². The zero-order chi connectivity index (χ0) is 11.7. The van der Waals surface area contributed by atoms with E-state index in [2.05, 4.69) is 6.58 Å². The molecule has 16 heavy (non-hydrogen) atoms. The molecule has 0 spiro atoms. The van der Waals surface area contributed by atoms with Crippen molar-refractivity contribution < 1.29 is 9.21 Å². The molecule has 0 bridgehead atoms. The summed E-state index contributed by atoms with van der Waals surface area (Å²) in [5.74, 6) is -0.145. The van der Waals surface area contributed by atoms with Crippen molar-refractivity contribution in [3.8, 4) is 0 Å². The molecule has 1 heterocycles. The summed E-state index contributed by atoms with van der Waals surface area (Å²) >= 11 is 0. The zero-order valence-corrected chi connectivity index (χ0v) is 8.82. The molecule has 0 radical (unpaired) electrons. The van der Waals surface area contributed by atoms with Crippen LogP contribution in [0.25, 0.3) is 11.0 Å². The Labute approximate surface area is 92.0 Å². The van der Waals surface area contributed by atoms with Crippen molar-refractivity contribution in [3.05, 3.63) is 58.5 Å². The van der Waals surface area contributed by atoms with Crippen LogP contribution in [0.1, 0.15) is 17.3 Å². The van der Waals surface area contributed by atoms with Crippen molar-refractivity contribution in [2.24, 2.45) is 0 Å². The maximum atomic E-state index is 11.7. The molecule has 0 saturated carbocycles. The first-order valence-electron chi connectivity index (χ1n) is 4.82. The van der Waals surface area contributed by atoms with Gasteiger partial charge in [0.25, 0.3) is 0 Å². The first kappa shape index (κ1) is 10.4. The highest BCUT2D eigenvalue weighted by molar-refractivity contribution is 6.09. The Morgan fingerprint density at radius 1 is 1.25 bits per heavy atom. The standard InChI is InChI=1S/C13H10O3/c1-8(2)13(15)10-4-3-9-5-6-12(14)16-11(9)7-10/h3-7H,1H2,2H3. The molecule has 0 aliphatic rings. The minimum absolute atomic E-state index is 0.145. The van der Waals surface area contributed by atoms with Crippen LogP contribution in [-0.2, 0) is 0 Å². The van der Waals surface area contributed by atoms with Gasteiger partial charge in [-0.25, -0.2) is 4.79 Å². The molecular weight excluding hydrogens is 204 g/mol. The number of rotatable bonds is 2. The number of hydrogen-bond donors (Lipinski definition) is 0. The summed E-state index contributed by atoms with van der Waals surface area (Å²) in [5, 5.41) is 0.790. The number of fused-ring (bicyclic) bond motifs is 1. The smallest absolute Gasteiger partial charge is 0.336 e. The van der Waals surface area contributed by atoms with E-state index in [0.29, 0.717) is 16.7 Å². The summed E-state index contributed by atoms with van der Waals surface area (Å²) in [6, 6.07) is 8.01. The van der Waals surface area contributed by atoms with E-state index in [4.69, 9.17) is 4.42 Å². The van der Waals surface area contributed by atoms with Gasteiger partial charge in [0.2, 0.25) is 0 Å². The first-order chi connectivity index (χ1) is 7.58. The normalized spacial score (nSPS) is 10.3. The number of Topliss-reactive ketones (excluding diaryl/α,β-unsaturated/α-hetero) is 1. The van der Waals surface area contributed by atoms with Crippen molar-refractivity contribution in [3.63, 3.8) is 0 Å². The quantitative estimate of drug-likeness (QED) is 0.438. The van der Waals surface area contributed by atoms with Gasteiger partial charge >= 0.3 is 5.63 Å². The van der Waals surface area contributed by atoms with Crippen molar-refractivity contribution in [1.29, 1.82) is 0 Å². The van der Waals surface area contributed by atoms with Crippen molar-refractivity contribution in [2.45, 2.75) is 6.92 Å². The average molecular weight is 214 g/mol. The maximum absolute atomic E-state index is 11.7. The second-order valence-electron chi connectivity index (χ2n) is 3.62. The van der Waals surface area contributed by atoms with E-state index in [1.54, 1.807) is 31.2 Å². The van der Waals surface area contributed by atoms with Crippen LogP contribution in [0.4, 0.5) is 0 Å². The first-order valence-corrected chi connectivity index (χ1v) is 4.82. The second-order valence-corrected chi connectivity index (χ2v) is 3.62. The molecule has 0 N–H and O–H groups in total. The molecule has 1 aromatic heterocycles. The Balaban J connectivity index is 2.63. The van der Waals surface area contributed by atoms with Gasteiger partial charge in [0.05, 0.1) is 0 Å². The van der Waals surface area contributed by atoms with Gasteiger partial charge in [-0.15, -0.1) is 0 Å². The van der Waals surface area contributed by atoms with Crippen LogP contribution in [0.15, 0.2) is 51.7 Å². The van der Waals surface area contributed by atoms with Crippen LogP contribution in [0, 0.1) is 0 Å². The van der Waals surface area contributed by atoms with Crippen molar-refractivity contribution in [1.82, 2.24) is 0 Å². The van der Waals surface area contributed by atoms with Crippen LogP contribution >= 0.6 is 0 Å².